The lowest BCUT2D eigenvalue weighted by molar-refractivity contribution is 0.0989. The number of terminal acetylenes is 1. The lowest BCUT2D eigenvalue weighted by Gasteiger charge is -2.06. The molecule has 0 bridgehead atoms. The van der Waals surface area contributed by atoms with E-state index in [0.717, 1.165) is 82.5 Å². The van der Waals surface area contributed by atoms with Gasteiger partial charge in [-0.3, -0.25) is 4.79 Å². The van der Waals surface area contributed by atoms with E-state index in [2.05, 4.69) is 52.9 Å². The molecule has 0 unspecified atom stereocenters. The molecule has 8 aromatic carbocycles. The van der Waals surface area contributed by atoms with Crippen molar-refractivity contribution >= 4 is 105 Å². The van der Waals surface area contributed by atoms with E-state index < -0.39 is 23.3 Å². The number of fused-ring (bicyclic) bond motifs is 8. The molecular formula is C74H46ClF7N8O. The highest BCUT2D eigenvalue weighted by atomic mass is 35.5. The first-order chi connectivity index (χ1) is 44.1. The standard InChI is InChI=1S/C20H16N2O.C19H10ClFN2.C18H12F2N2.C17H8F4N2/c1-2-20(23)15-7-5-9-18-14(15)10-11-19(22-18)16-12-21-17-8-4-3-6-13(16)17;1-2-11-8-13(21)9-14-15(10-22-18(11)14)17-7-6-12-4-3-5-16(20)19(12)23-17;1-10-7-17-12(8-15(10)20)13(9-21-17)16-6-5-11-3-2-4-14(19)18(11)22-16;18-10-3-1-2-8-4-5-13(23-16(8)10)9-7-22-17-12(20)6-11(19)15(21)14(9)17/h3-12,21H,2H2,1H3;1,3-10,22H;2-9,21H,1H3;1-7,22H. The van der Waals surface area contributed by atoms with E-state index in [0.29, 0.717) is 56.3 Å². The fourth-order valence-electron chi connectivity index (χ4n) is 11.2. The molecule has 4 N–H and O–H groups in total. The van der Waals surface area contributed by atoms with Crippen molar-refractivity contribution in [2.24, 2.45) is 0 Å². The van der Waals surface area contributed by atoms with E-state index in [9.17, 15) is 35.5 Å². The SMILES string of the molecule is C#Cc1cc(F)cc2c(-c3ccc4cccc(Cl)c4n3)c[nH]c12.CCC(=O)c1cccc2nc(-c3c[nH]c4ccccc34)ccc12.Cc1cc2[nH]cc(-c3ccc4cccc(F)c4n3)c2cc1F.Fc1cc(F)c2[nH]cc(-c3ccc4cccc(F)c4n3)c2c1F. The minimum atomic E-state index is -1.29. The number of nitrogens with zero attached hydrogens (tertiary/aromatic N) is 4. The van der Waals surface area contributed by atoms with Crippen molar-refractivity contribution in [3.05, 3.63) is 263 Å². The number of ketones is 1. The summed E-state index contributed by atoms with van der Waals surface area (Å²) in [6, 6.07) is 50.1. The molecule has 0 aliphatic carbocycles. The molecule has 91 heavy (non-hydrogen) atoms. The fourth-order valence-corrected chi connectivity index (χ4v) is 11.4. The number of H-pyrrole nitrogens is 4. The molecule has 8 heterocycles. The summed E-state index contributed by atoms with van der Waals surface area (Å²) < 4.78 is 96.8. The van der Waals surface area contributed by atoms with Gasteiger partial charge in [0.15, 0.2) is 17.4 Å². The zero-order valence-electron chi connectivity index (χ0n) is 48.1. The van der Waals surface area contributed by atoms with Crippen LogP contribution < -0.4 is 0 Å². The molecule has 0 saturated carbocycles. The number of aromatic amines is 4. The summed E-state index contributed by atoms with van der Waals surface area (Å²) in [4.78, 5) is 42.1. The molecule has 9 nitrogen and oxygen atoms in total. The van der Waals surface area contributed by atoms with Gasteiger partial charge in [-0.1, -0.05) is 109 Å². The molecule has 0 saturated heterocycles. The van der Waals surface area contributed by atoms with Crippen molar-refractivity contribution < 1.29 is 35.5 Å². The average molecular weight is 1230 g/mol. The summed E-state index contributed by atoms with van der Waals surface area (Å²) in [5.74, 6) is -2.24. The zero-order chi connectivity index (χ0) is 63.2. The molecule has 0 fully saturated rings. The van der Waals surface area contributed by atoms with Crippen molar-refractivity contribution in [3.8, 4) is 57.4 Å². The quantitative estimate of drug-likeness (QED) is 0.0570. The maximum absolute atomic E-state index is 14.1. The number of nitrogens with one attached hydrogen (secondary N) is 4. The molecule has 0 spiro atoms. The van der Waals surface area contributed by atoms with Crippen LogP contribution in [0.5, 0.6) is 0 Å². The number of Topliss-reactive ketones (excluding diaryl/α,β-unsaturated/α-hetero) is 1. The Kier molecular flexibility index (Phi) is 15.6. The summed E-state index contributed by atoms with van der Waals surface area (Å²) in [5, 5.41) is 6.13. The molecule has 0 amide bonds. The molecule has 0 atom stereocenters. The van der Waals surface area contributed by atoms with E-state index in [1.165, 1.54) is 36.5 Å². The molecular weight excluding hydrogens is 1190 g/mol. The number of aromatic nitrogens is 8. The monoisotopic (exact) mass is 1230 g/mol. The first-order valence-corrected chi connectivity index (χ1v) is 28.9. The highest BCUT2D eigenvalue weighted by Crippen LogP contribution is 2.37. The molecule has 0 radical (unpaired) electrons. The van der Waals surface area contributed by atoms with Gasteiger partial charge in [-0.05, 0) is 97.4 Å². The van der Waals surface area contributed by atoms with E-state index in [-0.39, 0.29) is 50.9 Å². The van der Waals surface area contributed by atoms with Crippen LogP contribution in [0.1, 0.15) is 34.8 Å². The van der Waals surface area contributed by atoms with Crippen LogP contribution in [0.15, 0.2) is 201 Å². The van der Waals surface area contributed by atoms with Crippen molar-refractivity contribution in [1.82, 2.24) is 39.9 Å². The second kappa shape index (κ2) is 24.3. The van der Waals surface area contributed by atoms with E-state index >= 15 is 0 Å². The highest BCUT2D eigenvalue weighted by Gasteiger charge is 2.21. The minimum absolute atomic E-state index is 0.108. The van der Waals surface area contributed by atoms with E-state index in [1.807, 2.05) is 98.0 Å². The largest absolute Gasteiger partial charge is 0.360 e. The fraction of sp³-hybridized carbons (Fsp3) is 0.0405. The van der Waals surface area contributed by atoms with Crippen molar-refractivity contribution in [2.45, 2.75) is 20.3 Å². The maximum Gasteiger partial charge on any atom is 0.169 e. The number of carbonyl (C=O) groups excluding carboxylic acids is 1. The molecule has 8 aromatic heterocycles. The van der Waals surface area contributed by atoms with Crippen LogP contribution in [0.3, 0.4) is 0 Å². The predicted octanol–water partition coefficient (Wildman–Crippen LogP) is 20.0. The summed E-state index contributed by atoms with van der Waals surface area (Å²) in [6.07, 6.45) is 12.8. The van der Waals surface area contributed by atoms with E-state index in [1.54, 1.807) is 61.8 Å². The number of halogens is 8. The highest BCUT2D eigenvalue weighted by molar-refractivity contribution is 6.35. The van der Waals surface area contributed by atoms with Gasteiger partial charge in [0.1, 0.15) is 40.1 Å². The first kappa shape index (κ1) is 58.6. The summed E-state index contributed by atoms with van der Waals surface area (Å²) in [7, 11) is 0. The average Bonchev–Trinajstić information content (AvgIpc) is 2.16. The Hall–Kier alpha value is -11.4. The molecule has 444 valence electrons. The summed E-state index contributed by atoms with van der Waals surface area (Å²) in [6.45, 7) is 3.61. The number of aryl methyl sites for hydroxylation is 1. The van der Waals surface area contributed by atoms with Crippen LogP contribution >= 0.6 is 11.6 Å². The third kappa shape index (κ3) is 11.1. The Morgan fingerprint density at radius 1 is 0.473 bits per heavy atom. The Balaban J connectivity index is 0.000000111. The van der Waals surface area contributed by atoms with Gasteiger partial charge in [0, 0.05) is 114 Å². The van der Waals surface area contributed by atoms with Gasteiger partial charge in [-0.25, -0.2) is 50.7 Å². The smallest absolute Gasteiger partial charge is 0.169 e. The normalized spacial score (nSPS) is 11.3. The van der Waals surface area contributed by atoms with Crippen molar-refractivity contribution in [2.75, 3.05) is 0 Å². The Labute approximate surface area is 518 Å². The molecule has 17 heteroatoms. The Bertz CT molecular complexity index is 5610. The van der Waals surface area contributed by atoms with Gasteiger partial charge in [0.05, 0.1) is 60.8 Å². The maximum atomic E-state index is 14.1. The van der Waals surface area contributed by atoms with Crippen LogP contribution in [-0.2, 0) is 0 Å². The van der Waals surface area contributed by atoms with Gasteiger partial charge < -0.3 is 19.9 Å². The van der Waals surface area contributed by atoms with Gasteiger partial charge >= 0.3 is 0 Å². The first-order valence-electron chi connectivity index (χ1n) is 28.5. The van der Waals surface area contributed by atoms with Crippen LogP contribution in [-0.4, -0.2) is 45.7 Å². The zero-order valence-corrected chi connectivity index (χ0v) is 48.8. The second-order valence-electron chi connectivity index (χ2n) is 21.3. The molecule has 16 rings (SSSR count). The van der Waals surface area contributed by atoms with Crippen LogP contribution in [0.25, 0.3) is 132 Å². The number of benzene rings is 8. The third-order valence-electron chi connectivity index (χ3n) is 15.7. The molecule has 16 aromatic rings. The number of para-hydroxylation sites is 4. The number of carbonyl (C=O) groups is 1. The van der Waals surface area contributed by atoms with Gasteiger partial charge in [0.25, 0.3) is 0 Å². The van der Waals surface area contributed by atoms with E-state index in [4.69, 9.17) is 23.0 Å². The topological polar surface area (TPSA) is 132 Å². The van der Waals surface area contributed by atoms with Crippen LogP contribution in [0.4, 0.5) is 30.7 Å². The second-order valence-corrected chi connectivity index (χ2v) is 21.7. The molecule has 0 aliphatic heterocycles. The van der Waals surface area contributed by atoms with Crippen LogP contribution in [0, 0.1) is 60.0 Å². The third-order valence-corrected chi connectivity index (χ3v) is 16.0. The van der Waals surface area contributed by atoms with Crippen LogP contribution in [0.2, 0.25) is 5.02 Å². The lowest BCUT2D eigenvalue weighted by atomic mass is 10.0. The number of pyridine rings is 4. The van der Waals surface area contributed by atoms with Gasteiger partial charge in [0.2, 0.25) is 0 Å². The molecule has 0 aliphatic rings. The number of rotatable bonds is 6. The van der Waals surface area contributed by atoms with Gasteiger partial charge in [-0.15, -0.1) is 6.42 Å². The Morgan fingerprint density at radius 2 is 1.03 bits per heavy atom. The van der Waals surface area contributed by atoms with Gasteiger partial charge in [-0.2, -0.15) is 0 Å². The predicted molar refractivity (Wildman–Crippen MR) is 348 cm³/mol. The van der Waals surface area contributed by atoms with Crippen molar-refractivity contribution in [1.29, 1.82) is 0 Å². The number of hydrogen-bond acceptors (Lipinski definition) is 5. The Morgan fingerprint density at radius 3 is 1.73 bits per heavy atom. The van der Waals surface area contributed by atoms with Crippen molar-refractivity contribution in [3.63, 3.8) is 0 Å². The summed E-state index contributed by atoms with van der Waals surface area (Å²) in [5.41, 5.74) is 11.6. The minimum Gasteiger partial charge on any atom is -0.360 e. The summed E-state index contributed by atoms with van der Waals surface area (Å²) >= 11 is 6.22. The lowest BCUT2D eigenvalue weighted by Crippen LogP contribution is -1.98. The number of hydrogen-bond donors (Lipinski definition) is 4.